The first kappa shape index (κ1) is 19.8. The number of benzene rings is 2. The third-order valence-electron chi connectivity index (χ3n) is 3.99. The van der Waals surface area contributed by atoms with Gasteiger partial charge in [-0.1, -0.05) is 46.3 Å². The zero-order valence-electron chi connectivity index (χ0n) is 15.2. The molecule has 1 aromatic heterocycles. The molecule has 2 aromatic carbocycles. The van der Waals surface area contributed by atoms with Gasteiger partial charge >= 0.3 is 5.97 Å². The Kier molecular flexibility index (Phi) is 6.60. The quantitative estimate of drug-likeness (QED) is 0.366. The third-order valence-corrected chi connectivity index (χ3v) is 4.48. The van der Waals surface area contributed by atoms with E-state index in [0.717, 1.165) is 10.0 Å². The molecule has 1 heterocycles. The van der Waals surface area contributed by atoms with Gasteiger partial charge in [-0.2, -0.15) is 0 Å². The van der Waals surface area contributed by atoms with Crippen molar-refractivity contribution in [1.82, 2.24) is 4.98 Å². The van der Waals surface area contributed by atoms with Gasteiger partial charge in [0.2, 0.25) is 5.89 Å². The van der Waals surface area contributed by atoms with Gasteiger partial charge in [-0.05, 0) is 18.2 Å². The molecule has 28 heavy (non-hydrogen) atoms. The summed E-state index contributed by atoms with van der Waals surface area (Å²) < 4.78 is 16.7. The minimum Gasteiger partial charge on any atom is -0.496 e. The number of rotatable bonds is 8. The summed E-state index contributed by atoms with van der Waals surface area (Å²) in [5.74, 6) is 0.671. The van der Waals surface area contributed by atoms with E-state index in [1.165, 1.54) is 7.11 Å². The molecule has 0 bridgehead atoms. The predicted molar refractivity (Wildman–Crippen MR) is 106 cm³/mol. The van der Waals surface area contributed by atoms with Crippen LogP contribution in [-0.2, 0) is 16.1 Å². The Morgan fingerprint density at radius 1 is 1.11 bits per heavy atom. The SMILES string of the molecule is COc1ccc(Br)cc1C(=O)CCC(=O)OCc1ncc(-c2ccccc2)o1. The molecule has 3 rings (SSSR count). The van der Waals surface area contributed by atoms with Gasteiger partial charge in [0.15, 0.2) is 18.2 Å². The number of oxazole rings is 1. The fourth-order valence-electron chi connectivity index (χ4n) is 2.58. The predicted octanol–water partition coefficient (Wildman–Crippen LogP) is 4.82. The van der Waals surface area contributed by atoms with Crippen molar-refractivity contribution in [3.63, 3.8) is 0 Å². The van der Waals surface area contributed by atoms with Crippen LogP contribution < -0.4 is 4.74 Å². The molecule has 0 aliphatic rings. The molecule has 3 aromatic rings. The van der Waals surface area contributed by atoms with Crippen LogP contribution in [0.1, 0.15) is 29.1 Å². The second-order valence-electron chi connectivity index (χ2n) is 5.91. The summed E-state index contributed by atoms with van der Waals surface area (Å²) in [6.07, 6.45) is 1.56. The highest BCUT2D eigenvalue weighted by Gasteiger charge is 2.16. The van der Waals surface area contributed by atoms with E-state index in [1.807, 2.05) is 30.3 Å². The maximum Gasteiger partial charge on any atom is 0.306 e. The number of carbonyl (C=O) groups is 2. The summed E-state index contributed by atoms with van der Waals surface area (Å²) in [6.45, 7) is -0.0833. The lowest BCUT2D eigenvalue weighted by atomic mass is 10.1. The van der Waals surface area contributed by atoms with E-state index in [9.17, 15) is 9.59 Å². The lowest BCUT2D eigenvalue weighted by Crippen LogP contribution is -2.09. The number of nitrogens with zero attached hydrogens (tertiary/aromatic N) is 1. The monoisotopic (exact) mass is 443 g/mol. The Balaban J connectivity index is 1.51. The smallest absolute Gasteiger partial charge is 0.306 e. The molecule has 7 heteroatoms. The molecule has 0 fully saturated rings. The van der Waals surface area contributed by atoms with E-state index >= 15 is 0 Å². The maximum atomic E-state index is 12.4. The van der Waals surface area contributed by atoms with Crippen LogP contribution in [0.15, 0.2) is 63.6 Å². The fourth-order valence-corrected chi connectivity index (χ4v) is 2.94. The minimum atomic E-state index is -0.498. The van der Waals surface area contributed by atoms with Gasteiger partial charge in [0.25, 0.3) is 0 Å². The highest BCUT2D eigenvalue weighted by Crippen LogP contribution is 2.25. The maximum absolute atomic E-state index is 12.4. The van der Waals surface area contributed by atoms with Gasteiger partial charge < -0.3 is 13.9 Å². The van der Waals surface area contributed by atoms with Gasteiger partial charge in [0.05, 0.1) is 25.3 Å². The molecule has 0 spiro atoms. The van der Waals surface area contributed by atoms with Crippen LogP contribution in [-0.4, -0.2) is 23.8 Å². The molecule has 0 aliphatic heterocycles. The number of halogens is 1. The number of Topliss-reactive ketones (excluding diaryl/α,β-unsaturated/α-hetero) is 1. The van der Waals surface area contributed by atoms with E-state index in [1.54, 1.807) is 24.4 Å². The Morgan fingerprint density at radius 3 is 2.64 bits per heavy atom. The van der Waals surface area contributed by atoms with Crippen LogP contribution in [0.25, 0.3) is 11.3 Å². The Morgan fingerprint density at radius 2 is 1.89 bits per heavy atom. The number of hydrogen-bond acceptors (Lipinski definition) is 6. The third kappa shape index (κ3) is 5.07. The lowest BCUT2D eigenvalue weighted by Gasteiger charge is -2.08. The molecular weight excluding hydrogens is 426 g/mol. The number of hydrogen-bond donors (Lipinski definition) is 0. The molecule has 0 saturated heterocycles. The van der Waals surface area contributed by atoms with Crippen LogP contribution in [0.5, 0.6) is 5.75 Å². The zero-order valence-corrected chi connectivity index (χ0v) is 16.8. The standard InChI is InChI=1S/C21H18BrNO5/c1-26-18-9-7-15(22)11-16(18)17(24)8-10-21(25)27-13-20-23-12-19(28-20)14-5-3-2-4-6-14/h2-7,9,11-12H,8,10,13H2,1H3. The molecule has 0 atom stereocenters. The molecule has 0 saturated carbocycles. The van der Waals surface area contributed by atoms with E-state index in [-0.39, 0.29) is 25.2 Å². The Hall–Kier alpha value is -2.93. The second-order valence-corrected chi connectivity index (χ2v) is 6.83. The number of esters is 1. The van der Waals surface area contributed by atoms with E-state index in [4.69, 9.17) is 13.9 Å². The Bertz CT molecular complexity index is 968. The van der Waals surface area contributed by atoms with Gasteiger partial charge in [0.1, 0.15) is 5.75 Å². The average Bonchev–Trinajstić information content (AvgIpc) is 3.20. The van der Waals surface area contributed by atoms with E-state index in [2.05, 4.69) is 20.9 Å². The molecular formula is C21H18BrNO5. The summed E-state index contributed by atoms with van der Waals surface area (Å²) in [7, 11) is 1.49. The summed E-state index contributed by atoms with van der Waals surface area (Å²) >= 11 is 3.33. The van der Waals surface area contributed by atoms with Gasteiger partial charge in [-0.15, -0.1) is 0 Å². The van der Waals surface area contributed by atoms with E-state index < -0.39 is 5.97 Å². The summed E-state index contributed by atoms with van der Waals surface area (Å²) in [5.41, 5.74) is 1.31. The fraction of sp³-hybridized carbons (Fsp3) is 0.190. The number of ether oxygens (including phenoxy) is 2. The van der Waals surface area contributed by atoms with Crippen molar-refractivity contribution in [2.45, 2.75) is 19.4 Å². The number of aromatic nitrogens is 1. The van der Waals surface area contributed by atoms with Gasteiger partial charge in [-0.3, -0.25) is 9.59 Å². The van der Waals surface area contributed by atoms with Crippen LogP contribution in [0, 0.1) is 0 Å². The molecule has 0 amide bonds. The molecule has 0 aliphatic carbocycles. The van der Waals surface area contributed by atoms with E-state index in [0.29, 0.717) is 23.0 Å². The van der Waals surface area contributed by atoms with Crippen molar-refractivity contribution in [2.75, 3.05) is 7.11 Å². The first-order chi connectivity index (χ1) is 13.6. The lowest BCUT2D eigenvalue weighted by molar-refractivity contribution is -0.145. The summed E-state index contributed by atoms with van der Waals surface area (Å²) in [6, 6.07) is 14.7. The van der Waals surface area contributed by atoms with Crippen LogP contribution in [0.4, 0.5) is 0 Å². The van der Waals surface area contributed by atoms with Crippen molar-refractivity contribution in [3.05, 3.63) is 70.7 Å². The topological polar surface area (TPSA) is 78.6 Å². The molecule has 0 N–H and O–H groups in total. The average molecular weight is 444 g/mol. The zero-order chi connectivity index (χ0) is 19.9. The molecule has 0 radical (unpaired) electrons. The molecule has 144 valence electrons. The largest absolute Gasteiger partial charge is 0.496 e. The number of ketones is 1. The highest BCUT2D eigenvalue weighted by atomic mass is 79.9. The number of carbonyl (C=O) groups excluding carboxylic acids is 2. The van der Waals surface area contributed by atoms with Gasteiger partial charge in [-0.25, -0.2) is 4.98 Å². The van der Waals surface area contributed by atoms with Crippen LogP contribution in [0.3, 0.4) is 0 Å². The van der Waals surface area contributed by atoms with Crippen LogP contribution in [0.2, 0.25) is 0 Å². The first-order valence-electron chi connectivity index (χ1n) is 8.59. The van der Waals surface area contributed by atoms with Crippen molar-refractivity contribution >= 4 is 27.7 Å². The molecule has 6 nitrogen and oxygen atoms in total. The Labute approximate surface area is 170 Å². The number of methoxy groups -OCH3 is 1. The van der Waals surface area contributed by atoms with Crippen molar-refractivity contribution < 1.29 is 23.5 Å². The van der Waals surface area contributed by atoms with Crippen molar-refractivity contribution in [3.8, 4) is 17.1 Å². The van der Waals surface area contributed by atoms with Crippen molar-refractivity contribution in [1.29, 1.82) is 0 Å². The minimum absolute atomic E-state index is 0.0203. The van der Waals surface area contributed by atoms with Gasteiger partial charge in [0, 0.05) is 16.5 Å². The first-order valence-corrected chi connectivity index (χ1v) is 9.38. The molecule has 0 unspecified atom stereocenters. The van der Waals surface area contributed by atoms with Crippen molar-refractivity contribution in [2.24, 2.45) is 0 Å². The van der Waals surface area contributed by atoms with Crippen LogP contribution >= 0.6 is 15.9 Å². The summed E-state index contributed by atoms with van der Waals surface area (Å²) in [4.78, 5) is 28.4. The second kappa shape index (κ2) is 9.32. The summed E-state index contributed by atoms with van der Waals surface area (Å²) in [5, 5.41) is 0. The highest BCUT2D eigenvalue weighted by molar-refractivity contribution is 9.10. The normalized spacial score (nSPS) is 10.5.